The van der Waals surface area contributed by atoms with Gasteiger partial charge in [-0.25, -0.2) is 18.7 Å². The van der Waals surface area contributed by atoms with E-state index in [9.17, 15) is 13.9 Å². The van der Waals surface area contributed by atoms with E-state index in [4.69, 9.17) is 4.74 Å². The van der Waals surface area contributed by atoms with Crippen molar-refractivity contribution in [1.29, 1.82) is 0 Å². The molecule has 0 bridgehead atoms. The molecule has 1 aliphatic rings. The standard InChI is InChI=1S/C18H14F2N4O.C4H11NO/c19-15-2-1-12(16(20)14(15)9-25)17-13-5-8-24(18(13)23-10-22-17)11-3-6-21-7-4-11;1-5-3-4-6-2/h1-4,6-7,10,25H,5,8-9H2;5H,3-4H2,1-2H3. The summed E-state index contributed by atoms with van der Waals surface area (Å²) >= 11 is 0. The number of hydrogen-bond donors (Lipinski definition) is 2. The van der Waals surface area contributed by atoms with Crippen LogP contribution in [0.15, 0.2) is 43.0 Å². The van der Waals surface area contributed by atoms with Crippen LogP contribution in [0.2, 0.25) is 0 Å². The second kappa shape index (κ2) is 10.9. The number of hydrogen-bond acceptors (Lipinski definition) is 7. The zero-order valence-corrected chi connectivity index (χ0v) is 17.5. The van der Waals surface area contributed by atoms with Crippen LogP contribution in [0.3, 0.4) is 0 Å². The molecule has 1 aromatic carbocycles. The molecule has 164 valence electrons. The van der Waals surface area contributed by atoms with E-state index in [-0.39, 0.29) is 11.1 Å². The lowest BCUT2D eigenvalue weighted by molar-refractivity contribution is 0.201. The Morgan fingerprint density at radius 3 is 2.58 bits per heavy atom. The minimum absolute atomic E-state index is 0.167. The van der Waals surface area contributed by atoms with Gasteiger partial charge in [-0.2, -0.15) is 0 Å². The number of aliphatic hydroxyl groups is 1. The summed E-state index contributed by atoms with van der Waals surface area (Å²) in [7, 11) is 3.59. The van der Waals surface area contributed by atoms with Crippen LogP contribution in [0.25, 0.3) is 11.3 Å². The molecule has 0 radical (unpaired) electrons. The van der Waals surface area contributed by atoms with Gasteiger partial charge in [-0.3, -0.25) is 4.98 Å². The highest BCUT2D eigenvalue weighted by molar-refractivity contribution is 5.75. The summed E-state index contributed by atoms with van der Waals surface area (Å²) in [6.07, 6.45) is 5.40. The molecule has 3 heterocycles. The number of benzene rings is 1. The number of nitrogens with one attached hydrogen (secondary N) is 1. The number of rotatable bonds is 6. The number of methoxy groups -OCH3 is 1. The molecule has 0 aliphatic carbocycles. The van der Waals surface area contributed by atoms with E-state index in [0.29, 0.717) is 24.5 Å². The van der Waals surface area contributed by atoms with E-state index >= 15 is 0 Å². The first-order valence-electron chi connectivity index (χ1n) is 9.85. The third-order valence-electron chi connectivity index (χ3n) is 4.89. The van der Waals surface area contributed by atoms with Crippen molar-refractivity contribution in [3.8, 4) is 11.3 Å². The van der Waals surface area contributed by atoms with Crippen LogP contribution in [0.1, 0.15) is 11.1 Å². The van der Waals surface area contributed by atoms with Gasteiger partial charge in [-0.05, 0) is 37.7 Å². The minimum atomic E-state index is -0.786. The monoisotopic (exact) mass is 429 g/mol. The number of likely N-dealkylation sites (N-methyl/N-ethyl adjacent to an activating group) is 1. The normalized spacial score (nSPS) is 12.4. The van der Waals surface area contributed by atoms with E-state index in [0.717, 1.165) is 30.5 Å². The summed E-state index contributed by atoms with van der Waals surface area (Å²) in [5.74, 6) is -0.857. The third-order valence-corrected chi connectivity index (χ3v) is 4.89. The van der Waals surface area contributed by atoms with Gasteiger partial charge >= 0.3 is 0 Å². The Kier molecular flexibility index (Phi) is 7.94. The molecule has 0 spiro atoms. The quantitative estimate of drug-likeness (QED) is 0.583. The molecule has 31 heavy (non-hydrogen) atoms. The molecule has 0 atom stereocenters. The highest BCUT2D eigenvalue weighted by atomic mass is 19.1. The van der Waals surface area contributed by atoms with Gasteiger partial charge in [0.15, 0.2) is 0 Å². The molecule has 0 saturated heterocycles. The second-order valence-electron chi connectivity index (χ2n) is 6.77. The molecule has 1 aliphatic heterocycles. The van der Waals surface area contributed by atoms with Crippen molar-refractivity contribution in [1.82, 2.24) is 20.3 Å². The van der Waals surface area contributed by atoms with Gasteiger partial charge in [0.1, 0.15) is 23.8 Å². The van der Waals surface area contributed by atoms with E-state index in [2.05, 4.69) is 20.3 Å². The first-order chi connectivity index (χ1) is 15.1. The highest BCUT2D eigenvalue weighted by Gasteiger charge is 2.27. The van der Waals surface area contributed by atoms with Crippen molar-refractivity contribution in [2.24, 2.45) is 0 Å². The van der Waals surface area contributed by atoms with Crippen molar-refractivity contribution in [3.05, 3.63) is 65.7 Å². The fraction of sp³-hybridized carbons (Fsp3) is 0.318. The lowest BCUT2D eigenvalue weighted by atomic mass is 10.0. The molecular weight excluding hydrogens is 404 g/mol. The summed E-state index contributed by atoms with van der Waals surface area (Å²) in [4.78, 5) is 14.6. The summed E-state index contributed by atoms with van der Waals surface area (Å²) in [5.41, 5.74) is 1.98. The summed E-state index contributed by atoms with van der Waals surface area (Å²) in [6.45, 7) is 1.72. The lowest BCUT2D eigenvalue weighted by Gasteiger charge is -2.18. The van der Waals surface area contributed by atoms with Crippen molar-refractivity contribution in [2.75, 3.05) is 38.8 Å². The van der Waals surface area contributed by atoms with Crippen molar-refractivity contribution in [2.45, 2.75) is 13.0 Å². The third kappa shape index (κ3) is 5.01. The maximum Gasteiger partial charge on any atom is 0.141 e. The highest BCUT2D eigenvalue weighted by Crippen LogP contribution is 2.38. The van der Waals surface area contributed by atoms with Crippen molar-refractivity contribution in [3.63, 3.8) is 0 Å². The topological polar surface area (TPSA) is 83.4 Å². The van der Waals surface area contributed by atoms with Crippen LogP contribution in [-0.4, -0.2) is 53.9 Å². The molecule has 7 nitrogen and oxygen atoms in total. The van der Waals surface area contributed by atoms with Crippen LogP contribution < -0.4 is 10.2 Å². The first kappa shape index (κ1) is 22.7. The molecule has 9 heteroatoms. The first-order valence-corrected chi connectivity index (χ1v) is 9.85. The zero-order chi connectivity index (χ0) is 22.2. The number of halogens is 2. The largest absolute Gasteiger partial charge is 0.391 e. The predicted octanol–water partition coefficient (Wildman–Crippen LogP) is 2.86. The number of pyridine rings is 1. The van der Waals surface area contributed by atoms with Gasteiger partial charge < -0.3 is 20.1 Å². The molecule has 4 rings (SSSR count). The van der Waals surface area contributed by atoms with Gasteiger partial charge in [0.25, 0.3) is 0 Å². The fourth-order valence-corrected chi connectivity index (χ4v) is 3.33. The Hall–Kier alpha value is -3.01. The molecule has 3 aromatic rings. The fourth-order valence-electron chi connectivity index (χ4n) is 3.33. The lowest BCUT2D eigenvalue weighted by Crippen LogP contribution is -2.14. The molecule has 2 aromatic heterocycles. The van der Waals surface area contributed by atoms with Crippen LogP contribution >= 0.6 is 0 Å². The summed E-state index contributed by atoms with van der Waals surface area (Å²) in [6, 6.07) is 6.24. The van der Waals surface area contributed by atoms with Gasteiger partial charge in [0, 0.05) is 55.0 Å². The number of aliphatic hydroxyl groups excluding tert-OH is 1. The predicted molar refractivity (Wildman–Crippen MR) is 114 cm³/mol. The smallest absolute Gasteiger partial charge is 0.141 e. The molecule has 2 N–H and O–H groups in total. The van der Waals surface area contributed by atoms with Gasteiger partial charge in [0.05, 0.1) is 18.9 Å². The van der Waals surface area contributed by atoms with Crippen LogP contribution in [0, 0.1) is 11.6 Å². The molecular formula is C22H25F2N5O2. The molecule has 0 amide bonds. The van der Waals surface area contributed by atoms with Crippen LogP contribution in [-0.2, 0) is 17.8 Å². The Morgan fingerprint density at radius 2 is 1.94 bits per heavy atom. The van der Waals surface area contributed by atoms with Crippen LogP contribution in [0.5, 0.6) is 0 Å². The van der Waals surface area contributed by atoms with Gasteiger partial charge in [-0.15, -0.1) is 0 Å². The summed E-state index contributed by atoms with van der Waals surface area (Å²) < 4.78 is 33.0. The Bertz CT molecular complexity index is 1000. The van der Waals surface area contributed by atoms with E-state index in [1.54, 1.807) is 19.5 Å². The average Bonchev–Trinajstić information content (AvgIpc) is 3.24. The molecule has 0 saturated carbocycles. The van der Waals surface area contributed by atoms with Crippen molar-refractivity contribution < 1.29 is 18.6 Å². The number of fused-ring (bicyclic) bond motifs is 1. The Morgan fingerprint density at radius 1 is 1.16 bits per heavy atom. The average molecular weight is 429 g/mol. The maximum atomic E-state index is 14.6. The number of aromatic nitrogens is 3. The zero-order valence-electron chi connectivity index (χ0n) is 17.5. The number of ether oxygens (including phenoxy) is 1. The van der Waals surface area contributed by atoms with Gasteiger partial charge in [-0.1, -0.05) is 0 Å². The van der Waals surface area contributed by atoms with Gasteiger partial charge in [0.2, 0.25) is 0 Å². The minimum Gasteiger partial charge on any atom is -0.391 e. The second-order valence-corrected chi connectivity index (χ2v) is 6.77. The number of anilines is 2. The SMILES string of the molecule is CNCCOC.OCc1c(F)ccc(-c2ncnc3c2CCN3c2ccncc2)c1F. The molecule has 0 unspecified atom stereocenters. The van der Waals surface area contributed by atoms with Crippen LogP contribution in [0.4, 0.5) is 20.3 Å². The Labute approximate surface area is 179 Å². The van der Waals surface area contributed by atoms with E-state index < -0.39 is 18.2 Å². The Balaban J connectivity index is 0.000000401. The van der Waals surface area contributed by atoms with Crippen molar-refractivity contribution >= 4 is 11.5 Å². The van der Waals surface area contributed by atoms with E-state index in [1.165, 1.54) is 12.4 Å². The summed E-state index contributed by atoms with van der Waals surface area (Å²) in [5, 5.41) is 12.2. The van der Waals surface area contributed by atoms with E-state index in [1.807, 2.05) is 24.1 Å². The maximum absolute atomic E-state index is 14.6. The molecule has 0 fully saturated rings. The number of nitrogens with zero attached hydrogens (tertiary/aromatic N) is 4.